The number of unbranched alkanes of at least 4 members (excludes halogenated alkanes) is 1. The lowest BCUT2D eigenvalue weighted by Gasteiger charge is -2.30. The highest BCUT2D eigenvalue weighted by atomic mass is 16.5. The molecule has 2 heterocycles. The van der Waals surface area contributed by atoms with Gasteiger partial charge in [-0.2, -0.15) is 0 Å². The molecule has 1 aromatic rings. The van der Waals surface area contributed by atoms with Gasteiger partial charge in [-0.3, -0.25) is 4.99 Å². The number of guanidine groups is 1. The number of piperidine rings is 1. The highest BCUT2D eigenvalue weighted by molar-refractivity contribution is 5.80. The van der Waals surface area contributed by atoms with Crippen LogP contribution in [0.3, 0.4) is 0 Å². The summed E-state index contributed by atoms with van der Waals surface area (Å²) in [4.78, 5) is 9.41. The third-order valence-corrected chi connectivity index (χ3v) is 6.52. The monoisotopic (exact) mass is 431 g/mol. The van der Waals surface area contributed by atoms with E-state index < -0.39 is 0 Å². The average Bonchev–Trinajstić information content (AvgIpc) is 3.27. The molecule has 0 spiro atoms. The van der Waals surface area contributed by atoms with Gasteiger partial charge in [0, 0.05) is 56.6 Å². The van der Waals surface area contributed by atoms with Crippen LogP contribution < -0.4 is 25.0 Å². The van der Waals surface area contributed by atoms with Crippen molar-refractivity contribution in [1.82, 2.24) is 15.5 Å². The van der Waals surface area contributed by atoms with Gasteiger partial charge in [-0.1, -0.05) is 6.92 Å². The standard InChI is InChI=1S/C24H41N5O2/c1-19-7-12-28(13-8-19)11-6-5-10-26-24(25-2)27-20-9-14-29(18-20)21-15-22(30-3)17-23(16-21)31-4/h15-17,19-20H,5-14,18H2,1-4H3,(H2,25,26,27). The summed E-state index contributed by atoms with van der Waals surface area (Å²) in [6.45, 7) is 9.04. The third-order valence-electron chi connectivity index (χ3n) is 6.52. The molecule has 1 unspecified atom stereocenters. The Morgan fingerprint density at radius 3 is 2.39 bits per heavy atom. The van der Waals surface area contributed by atoms with Crippen molar-refractivity contribution in [2.45, 2.75) is 45.1 Å². The number of anilines is 1. The number of benzene rings is 1. The molecular weight excluding hydrogens is 390 g/mol. The Balaban J connectivity index is 1.37. The van der Waals surface area contributed by atoms with Crippen molar-refractivity contribution in [3.05, 3.63) is 18.2 Å². The zero-order chi connectivity index (χ0) is 22.1. The number of methoxy groups -OCH3 is 2. The van der Waals surface area contributed by atoms with Gasteiger partial charge in [0.25, 0.3) is 0 Å². The van der Waals surface area contributed by atoms with Crippen LogP contribution in [0.4, 0.5) is 5.69 Å². The van der Waals surface area contributed by atoms with E-state index in [1.807, 2.05) is 13.1 Å². The van der Waals surface area contributed by atoms with Crippen LogP contribution >= 0.6 is 0 Å². The second kappa shape index (κ2) is 12.0. The average molecular weight is 432 g/mol. The van der Waals surface area contributed by atoms with E-state index in [1.165, 1.54) is 45.3 Å². The lowest BCUT2D eigenvalue weighted by molar-refractivity contribution is 0.189. The predicted molar refractivity (Wildman–Crippen MR) is 129 cm³/mol. The number of hydrogen-bond donors (Lipinski definition) is 2. The maximum absolute atomic E-state index is 5.42. The maximum atomic E-state index is 5.42. The van der Waals surface area contributed by atoms with Crippen molar-refractivity contribution in [1.29, 1.82) is 0 Å². The minimum atomic E-state index is 0.374. The minimum Gasteiger partial charge on any atom is -0.497 e. The lowest BCUT2D eigenvalue weighted by Crippen LogP contribution is -2.45. The van der Waals surface area contributed by atoms with Crippen LogP contribution in [0, 0.1) is 5.92 Å². The molecule has 7 nitrogen and oxygen atoms in total. The van der Waals surface area contributed by atoms with E-state index in [-0.39, 0.29) is 0 Å². The summed E-state index contributed by atoms with van der Waals surface area (Å²) in [6, 6.07) is 6.42. The lowest BCUT2D eigenvalue weighted by atomic mass is 9.99. The Morgan fingerprint density at radius 2 is 1.74 bits per heavy atom. The molecule has 7 heteroatoms. The van der Waals surface area contributed by atoms with Crippen molar-refractivity contribution in [2.24, 2.45) is 10.9 Å². The van der Waals surface area contributed by atoms with Crippen molar-refractivity contribution in [3.63, 3.8) is 0 Å². The molecule has 2 saturated heterocycles. The molecule has 0 aromatic heterocycles. The summed E-state index contributed by atoms with van der Waals surface area (Å²) in [5.74, 6) is 3.45. The molecular formula is C24H41N5O2. The fourth-order valence-electron chi connectivity index (χ4n) is 4.43. The second-order valence-corrected chi connectivity index (χ2v) is 8.88. The molecule has 2 aliphatic heterocycles. The molecule has 31 heavy (non-hydrogen) atoms. The first-order valence-corrected chi connectivity index (χ1v) is 11.8. The number of hydrogen-bond acceptors (Lipinski definition) is 5. The predicted octanol–water partition coefficient (Wildman–Crippen LogP) is 2.96. The van der Waals surface area contributed by atoms with Crippen LogP contribution in [0.25, 0.3) is 0 Å². The van der Waals surface area contributed by atoms with Crippen LogP contribution in [-0.2, 0) is 0 Å². The van der Waals surface area contributed by atoms with Crippen molar-refractivity contribution in [3.8, 4) is 11.5 Å². The normalized spacial score (nSPS) is 20.7. The molecule has 1 atom stereocenters. The molecule has 1 aromatic carbocycles. The maximum Gasteiger partial charge on any atom is 0.191 e. The van der Waals surface area contributed by atoms with Gasteiger partial charge in [-0.25, -0.2) is 0 Å². The first kappa shape index (κ1) is 23.5. The molecule has 2 N–H and O–H groups in total. The minimum absolute atomic E-state index is 0.374. The van der Waals surface area contributed by atoms with Crippen LogP contribution in [0.2, 0.25) is 0 Å². The fraction of sp³-hybridized carbons (Fsp3) is 0.708. The molecule has 2 aliphatic rings. The largest absolute Gasteiger partial charge is 0.497 e. The van der Waals surface area contributed by atoms with Crippen LogP contribution in [0.15, 0.2) is 23.2 Å². The van der Waals surface area contributed by atoms with E-state index in [9.17, 15) is 0 Å². The fourth-order valence-corrected chi connectivity index (χ4v) is 4.43. The first-order chi connectivity index (χ1) is 15.1. The first-order valence-electron chi connectivity index (χ1n) is 11.8. The Morgan fingerprint density at radius 1 is 1.03 bits per heavy atom. The summed E-state index contributed by atoms with van der Waals surface area (Å²) in [7, 11) is 5.23. The number of rotatable bonds is 9. The van der Waals surface area contributed by atoms with Crippen LogP contribution in [0.5, 0.6) is 11.5 Å². The van der Waals surface area contributed by atoms with Gasteiger partial charge >= 0.3 is 0 Å². The van der Waals surface area contributed by atoms with Gasteiger partial charge in [0.15, 0.2) is 5.96 Å². The Bertz CT molecular complexity index is 681. The summed E-state index contributed by atoms with van der Waals surface area (Å²) < 4.78 is 10.8. The van der Waals surface area contributed by atoms with Crippen molar-refractivity contribution in [2.75, 3.05) is 65.4 Å². The Labute approximate surface area is 188 Å². The molecule has 0 amide bonds. The van der Waals surface area contributed by atoms with E-state index in [0.29, 0.717) is 6.04 Å². The summed E-state index contributed by atoms with van der Waals surface area (Å²) in [5.41, 5.74) is 1.13. The Hall–Kier alpha value is -2.15. The topological polar surface area (TPSA) is 61.4 Å². The summed E-state index contributed by atoms with van der Waals surface area (Å²) >= 11 is 0. The van der Waals surface area contributed by atoms with Gasteiger partial charge < -0.3 is 29.9 Å². The second-order valence-electron chi connectivity index (χ2n) is 8.88. The number of ether oxygens (including phenoxy) is 2. The van der Waals surface area contributed by atoms with Gasteiger partial charge in [0.05, 0.1) is 14.2 Å². The van der Waals surface area contributed by atoms with Gasteiger partial charge in [0.1, 0.15) is 11.5 Å². The SMILES string of the molecule is CN=C(NCCCCN1CCC(C)CC1)NC1CCN(c2cc(OC)cc(OC)c2)C1. The van der Waals surface area contributed by atoms with Crippen LogP contribution in [-0.4, -0.2) is 77.4 Å². The van der Waals surface area contributed by atoms with E-state index in [1.54, 1.807) is 14.2 Å². The van der Waals surface area contributed by atoms with Crippen molar-refractivity contribution >= 4 is 11.6 Å². The zero-order valence-electron chi connectivity index (χ0n) is 19.8. The van der Waals surface area contributed by atoms with E-state index in [2.05, 4.69) is 44.5 Å². The smallest absolute Gasteiger partial charge is 0.191 e. The zero-order valence-corrected chi connectivity index (χ0v) is 19.8. The highest BCUT2D eigenvalue weighted by Crippen LogP contribution is 2.30. The molecule has 3 rings (SSSR count). The highest BCUT2D eigenvalue weighted by Gasteiger charge is 2.24. The molecule has 0 radical (unpaired) electrons. The van der Waals surface area contributed by atoms with Gasteiger partial charge in [-0.15, -0.1) is 0 Å². The number of likely N-dealkylation sites (tertiary alicyclic amines) is 1. The van der Waals surface area contributed by atoms with Crippen molar-refractivity contribution < 1.29 is 9.47 Å². The van der Waals surface area contributed by atoms with E-state index >= 15 is 0 Å². The number of aliphatic imine (C=N–C) groups is 1. The molecule has 2 fully saturated rings. The molecule has 0 bridgehead atoms. The number of nitrogens with one attached hydrogen (secondary N) is 2. The third kappa shape index (κ3) is 7.20. The molecule has 0 aliphatic carbocycles. The summed E-state index contributed by atoms with van der Waals surface area (Å²) in [6.07, 6.45) is 6.21. The summed E-state index contributed by atoms with van der Waals surface area (Å²) in [5, 5.41) is 7.09. The van der Waals surface area contributed by atoms with Gasteiger partial charge in [-0.05, 0) is 57.7 Å². The quantitative estimate of drug-likeness (QED) is 0.356. The number of nitrogens with zero attached hydrogens (tertiary/aromatic N) is 3. The Kier molecular flexibility index (Phi) is 9.13. The molecule has 174 valence electrons. The van der Waals surface area contributed by atoms with Gasteiger partial charge in [0.2, 0.25) is 0 Å². The van der Waals surface area contributed by atoms with E-state index in [4.69, 9.17) is 9.47 Å². The molecule has 0 saturated carbocycles. The van der Waals surface area contributed by atoms with E-state index in [0.717, 1.165) is 55.1 Å². The van der Waals surface area contributed by atoms with Crippen LogP contribution in [0.1, 0.15) is 39.0 Å².